The zero-order valence-corrected chi connectivity index (χ0v) is 11.3. The van der Waals surface area contributed by atoms with E-state index in [0.29, 0.717) is 13.2 Å². The molecule has 0 aliphatic heterocycles. The van der Waals surface area contributed by atoms with Crippen LogP contribution in [0.3, 0.4) is 0 Å². The molecular weight excluding hydrogens is 238 g/mol. The molecule has 0 aliphatic carbocycles. The molecule has 1 rings (SSSR count). The fraction of sp³-hybridized carbons (Fsp3) is 0.583. The van der Waals surface area contributed by atoms with E-state index in [2.05, 4.69) is 6.07 Å². The van der Waals surface area contributed by atoms with Gasteiger partial charge in [0, 0.05) is 9.75 Å². The van der Waals surface area contributed by atoms with Crippen molar-refractivity contribution in [3.8, 4) is 0 Å². The molecule has 5 heteroatoms. The Bertz CT molecular complexity index is 376. The monoisotopic (exact) mass is 257 g/mol. The molecule has 0 aliphatic rings. The van der Waals surface area contributed by atoms with Crippen molar-refractivity contribution in [1.29, 1.82) is 0 Å². The molecule has 0 radical (unpaired) electrons. The molecule has 0 saturated heterocycles. The lowest BCUT2D eigenvalue weighted by atomic mass is 10.1. The van der Waals surface area contributed by atoms with Gasteiger partial charge in [0.1, 0.15) is 6.61 Å². The van der Waals surface area contributed by atoms with Gasteiger partial charge in [-0.3, -0.25) is 0 Å². The predicted molar refractivity (Wildman–Crippen MR) is 68.2 cm³/mol. The molecule has 1 aromatic heterocycles. The van der Waals surface area contributed by atoms with Gasteiger partial charge in [0.15, 0.2) is 0 Å². The maximum atomic E-state index is 11.0. The lowest BCUT2D eigenvalue weighted by Crippen LogP contribution is -2.21. The summed E-state index contributed by atoms with van der Waals surface area (Å²) >= 11 is 1.72. The third-order valence-corrected chi connectivity index (χ3v) is 3.28. The normalized spacial score (nSPS) is 12.5. The molecule has 1 atom stereocenters. The van der Waals surface area contributed by atoms with E-state index in [-0.39, 0.29) is 18.6 Å². The molecule has 0 amide bonds. The molecule has 0 bridgehead atoms. The van der Waals surface area contributed by atoms with Crippen molar-refractivity contribution in [3.05, 3.63) is 21.4 Å². The van der Waals surface area contributed by atoms with E-state index < -0.39 is 0 Å². The summed E-state index contributed by atoms with van der Waals surface area (Å²) in [7, 11) is 0. The van der Waals surface area contributed by atoms with E-state index in [4.69, 9.17) is 15.2 Å². The molecule has 0 spiro atoms. The summed E-state index contributed by atoms with van der Waals surface area (Å²) in [5, 5.41) is 0. The minimum Gasteiger partial charge on any atom is -0.464 e. The molecule has 1 aromatic rings. The summed E-state index contributed by atoms with van der Waals surface area (Å²) in [5.74, 6) is -0.349. The van der Waals surface area contributed by atoms with Crippen LogP contribution in [0.15, 0.2) is 6.07 Å². The Morgan fingerprint density at radius 1 is 1.53 bits per heavy atom. The smallest absolute Gasteiger partial charge is 0.332 e. The highest BCUT2D eigenvalue weighted by molar-refractivity contribution is 7.12. The Morgan fingerprint density at radius 3 is 2.76 bits per heavy atom. The Labute approximate surface area is 106 Å². The zero-order chi connectivity index (χ0) is 12.8. The number of hydrogen-bond acceptors (Lipinski definition) is 5. The first kappa shape index (κ1) is 14.2. The van der Waals surface area contributed by atoms with Crippen molar-refractivity contribution in [1.82, 2.24) is 0 Å². The van der Waals surface area contributed by atoms with Crippen molar-refractivity contribution in [3.63, 3.8) is 0 Å². The third-order valence-electron chi connectivity index (χ3n) is 2.30. The van der Waals surface area contributed by atoms with Gasteiger partial charge < -0.3 is 15.2 Å². The lowest BCUT2D eigenvalue weighted by Gasteiger charge is -2.11. The van der Waals surface area contributed by atoms with Gasteiger partial charge in [-0.15, -0.1) is 11.3 Å². The fourth-order valence-electron chi connectivity index (χ4n) is 1.58. The summed E-state index contributed by atoms with van der Waals surface area (Å²) in [6.07, 6.45) is 0. The van der Waals surface area contributed by atoms with E-state index in [1.54, 1.807) is 18.3 Å². The first-order valence-corrected chi connectivity index (χ1v) is 6.42. The number of rotatable bonds is 6. The summed E-state index contributed by atoms with van der Waals surface area (Å²) in [6.45, 7) is 6.52. The minimum absolute atomic E-state index is 0.0380. The SMILES string of the molecule is CCOC(=O)COCC(N)c1cc(C)sc1C. The zero-order valence-electron chi connectivity index (χ0n) is 10.5. The van der Waals surface area contributed by atoms with E-state index in [1.165, 1.54) is 9.75 Å². The van der Waals surface area contributed by atoms with Crippen molar-refractivity contribution in [2.45, 2.75) is 26.8 Å². The van der Waals surface area contributed by atoms with Gasteiger partial charge in [-0.1, -0.05) is 0 Å². The Balaban J connectivity index is 2.37. The second-order valence-electron chi connectivity index (χ2n) is 3.80. The molecule has 96 valence electrons. The summed E-state index contributed by atoms with van der Waals surface area (Å²) < 4.78 is 9.99. The van der Waals surface area contributed by atoms with Crippen LogP contribution >= 0.6 is 11.3 Å². The van der Waals surface area contributed by atoms with Crippen molar-refractivity contribution in [2.75, 3.05) is 19.8 Å². The highest BCUT2D eigenvalue weighted by atomic mass is 32.1. The Hall–Kier alpha value is -0.910. The Morgan fingerprint density at radius 2 is 2.24 bits per heavy atom. The van der Waals surface area contributed by atoms with E-state index >= 15 is 0 Å². The van der Waals surface area contributed by atoms with Crippen LogP contribution in [-0.4, -0.2) is 25.8 Å². The van der Waals surface area contributed by atoms with Crippen LogP contribution in [0.2, 0.25) is 0 Å². The van der Waals surface area contributed by atoms with Crippen LogP contribution in [0, 0.1) is 13.8 Å². The average Bonchev–Trinajstić information content (AvgIpc) is 2.58. The molecule has 0 aromatic carbocycles. The van der Waals surface area contributed by atoms with Crippen LogP contribution in [0.25, 0.3) is 0 Å². The highest BCUT2D eigenvalue weighted by Gasteiger charge is 2.12. The minimum atomic E-state index is -0.349. The quantitative estimate of drug-likeness (QED) is 0.791. The number of carbonyl (C=O) groups is 1. The molecular formula is C12H19NO3S. The van der Waals surface area contributed by atoms with Gasteiger partial charge in [-0.25, -0.2) is 4.79 Å². The van der Waals surface area contributed by atoms with Crippen LogP contribution < -0.4 is 5.73 Å². The maximum Gasteiger partial charge on any atom is 0.332 e. The van der Waals surface area contributed by atoms with Gasteiger partial charge in [-0.2, -0.15) is 0 Å². The summed E-state index contributed by atoms with van der Waals surface area (Å²) in [4.78, 5) is 13.5. The molecule has 1 unspecified atom stereocenters. The number of thiophene rings is 1. The van der Waals surface area contributed by atoms with Crippen molar-refractivity contribution < 1.29 is 14.3 Å². The van der Waals surface area contributed by atoms with Gasteiger partial charge in [0.2, 0.25) is 0 Å². The number of nitrogens with two attached hydrogens (primary N) is 1. The van der Waals surface area contributed by atoms with Crippen LogP contribution in [-0.2, 0) is 14.3 Å². The second kappa shape index (κ2) is 6.74. The number of hydrogen-bond donors (Lipinski definition) is 1. The first-order valence-electron chi connectivity index (χ1n) is 5.60. The maximum absolute atomic E-state index is 11.0. The molecule has 17 heavy (non-hydrogen) atoms. The van der Waals surface area contributed by atoms with Gasteiger partial charge in [0.25, 0.3) is 0 Å². The fourth-order valence-corrected chi connectivity index (χ4v) is 2.58. The van der Waals surface area contributed by atoms with Crippen LogP contribution in [0.1, 0.15) is 28.3 Å². The molecule has 4 nitrogen and oxygen atoms in total. The molecule has 1 heterocycles. The molecule has 2 N–H and O–H groups in total. The van der Waals surface area contributed by atoms with Crippen molar-refractivity contribution in [2.24, 2.45) is 5.73 Å². The third kappa shape index (κ3) is 4.46. The summed E-state index contributed by atoms with van der Waals surface area (Å²) in [5.41, 5.74) is 7.09. The van der Waals surface area contributed by atoms with E-state index in [0.717, 1.165) is 5.56 Å². The van der Waals surface area contributed by atoms with Crippen LogP contribution in [0.4, 0.5) is 0 Å². The van der Waals surface area contributed by atoms with Gasteiger partial charge >= 0.3 is 5.97 Å². The highest BCUT2D eigenvalue weighted by Crippen LogP contribution is 2.25. The lowest BCUT2D eigenvalue weighted by molar-refractivity contribution is -0.148. The molecule has 0 saturated carbocycles. The summed E-state index contributed by atoms with van der Waals surface area (Å²) in [6, 6.07) is 1.88. The number of carbonyl (C=O) groups excluding carboxylic acids is 1. The number of ether oxygens (including phenoxy) is 2. The second-order valence-corrected chi connectivity index (χ2v) is 5.26. The van der Waals surface area contributed by atoms with E-state index in [1.807, 2.05) is 13.8 Å². The first-order chi connectivity index (χ1) is 8.04. The van der Waals surface area contributed by atoms with Gasteiger partial charge in [-0.05, 0) is 32.4 Å². The van der Waals surface area contributed by atoms with Gasteiger partial charge in [0.05, 0.1) is 19.3 Å². The largest absolute Gasteiger partial charge is 0.464 e. The van der Waals surface area contributed by atoms with E-state index in [9.17, 15) is 4.79 Å². The number of esters is 1. The van der Waals surface area contributed by atoms with Crippen molar-refractivity contribution >= 4 is 17.3 Å². The standard InChI is InChI=1S/C12H19NO3S/c1-4-16-12(14)7-15-6-11(13)10-5-8(2)17-9(10)3/h5,11H,4,6-7,13H2,1-3H3. The molecule has 0 fully saturated rings. The Kier molecular flexibility index (Phi) is 5.61. The predicted octanol–water partition coefficient (Wildman–Crippen LogP) is 1.94. The van der Waals surface area contributed by atoms with Crippen LogP contribution in [0.5, 0.6) is 0 Å². The topological polar surface area (TPSA) is 61.5 Å². The average molecular weight is 257 g/mol. The number of aryl methyl sites for hydroxylation is 2.